The summed E-state index contributed by atoms with van der Waals surface area (Å²) >= 11 is 0. The molecule has 2 nitrogen and oxygen atoms in total. The summed E-state index contributed by atoms with van der Waals surface area (Å²) in [6, 6.07) is 16.8. The molecule has 3 rings (SSSR count). The van der Waals surface area contributed by atoms with Crippen molar-refractivity contribution >= 4 is 12.4 Å². The summed E-state index contributed by atoms with van der Waals surface area (Å²) in [5.74, 6) is 0. The second-order valence-electron chi connectivity index (χ2n) is 4.72. The Morgan fingerprint density at radius 1 is 1.11 bits per heavy atom. The predicted molar refractivity (Wildman–Crippen MR) is 79.1 cm³/mol. The number of fused-ring (bicyclic) bond motifs is 3. The van der Waals surface area contributed by atoms with Crippen LogP contribution in [0, 0.1) is 11.3 Å². The van der Waals surface area contributed by atoms with Gasteiger partial charge in [-0.05, 0) is 34.2 Å². The van der Waals surface area contributed by atoms with Gasteiger partial charge in [0.25, 0.3) is 0 Å². The zero-order valence-corrected chi connectivity index (χ0v) is 11.3. The lowest BCUT2D eigenvalue weighted by molar-refractivity contribution is 0.747. The van der Waals surface area contributed by atoms with Gasteiger partial charge in [0.15, 0.2) is 0 Å². The van der Waals surface area contributed by atoms with E-state index in [-0.39, 0.29) is 18.4 Å². The Kier molecular flexibility index (Phi) is 3.90. The van der Waals surface area contributed by atoms with E-state index in [1.165, 1.54) is 22.3 Å². The number of hydrogen-bond donors (Lipinski definition) is 1. The van der Waals surface area contributed by atoms with Gasteiger partial charge in [0.2, 0.25) is 0 Å². The van der Waals surface area contributed by atoms with Crippen LogP contribution in [-0.2, 0) is 6.42 Å². The maximum Gasteiger partial charge on any atom is 0.0641 e. The standard InChI is InChI=1S/C16H14N2.ClH/c17-8-7-16(18)12-5-6-15-13(10-12)9-11-3-1-2-4-14(11)15;/h1-6,10,16H,7,9,18H2;1H/t16-;/m0./s1. The maximum absolute atomic E-state index is 8.70. The molecule has 1 aliphatic rings. The van der Waals surface area contributed by atoms with E-state index in [4.69, 9.17) is 11.0 Å². The minimum atomic E-state index is -0.177. The van der Waals surface area contributed by atoms with E-state index in [0.29, 0.717) is 6.42 Å². The molecule has 0 unspecified atom stereocenters. The Labute approximate surface area is 119 Å². The molecule has 2 aromatic carbocycles. The van der Waals surface area contributed by atoms with Gasteiger partial charge in [-0.1, -0.05) is 42.5 Å². The van der Waals surface area contributed by atoms with Gasteiger partial charge in [0.05, 0.1) is 12.5 Å². The Balaban J connectivity index is 0.00000133. The van der Waals surface area contributed by atoms with Gasteiger partial charge in [0.1, 0.15) is 0 Å². The molecule has 96 valence electrons. The van der Waals surface area contributed by atoms with E-state index in [1.54, 1.807) is 0 Å². The molecule has 0 saturated carbocycles. The summed E-state index contributed by atoms with van der Waals surface area (Å²) in [5.41, 5.74) is 12.4. The van der Waals surface area contributed by atoms with Crippen LogP contribution in [0.2, 0.25) is 0 Å². The number of nitriles is 1. The van der Waals surface area contributed by atoms with E-state index in [0.717, 1.165) is 12.0 Å². The van der Waals surface area contributed by atoms with E-state index < -0.39 is 0 Å². The lowest BCUT2D eigenvalue weighted by Gasteiger charge is -2.10. The molecule has 0 spiro atoms. The third-order valence-corrected chi connectivity index (χ3v) is 3.56. The molecule has 1 atom stereocenters. The van der Waals surface area contributed by atoms with Crippen LogP contribution >= 0.6 is 12.4 Å². The Morgan fingerprint density at radius 3 is 2.63 bits per heavy atom. The molecule has 0 heterocycles. The first-order valence-electron chi connectivity index (χ1n) is 6.13. The van der Waals surface area contributed by atoms with Crippen LogP contribution in [0.1, 0.15) is 29.2 Å². The molecule has 0 fully saturated rings. The molecular weight excluding hydrogens is 256 g/mol. The van der Waals surface area contributed by atoms with Crippen LogP contribution in [-0.4, -0.2) is 0 Å². The van der Waals surface area contributed by atoms with Crippen molar-refractivity contribution in [2.24, 2.45) is 5.73 Å². The average Bonchev–Trinajstić information content (AvgIpc) is 2.76. The van der Waals surface area contributed by atoms with Gasteiger partial charge in [0, 0.05) is 6.04 Å². The highest BCUT2D eigenvalue weighted by molar-refractivity contribution is 5.85. The third kappa shape index (κ3) is 2.35. The Hall–Kier alpha value is -1.82. The fourth-order valence-electron chi connectivity index (χ4n) is 2.61. The number of benzene rings is 2. The highest BCUT2D eigenvalue weighted by atomic mass is 35.5. The second-order valence-corrected chi connectivity index (χ2v) is 4.72. The van der Waals surface area contributed by atoms with Crippen molar-refractivity contribution in [3.63, 3.8) is 0 Å². The van der Waals surface area contributed by atoms with E-state index in [1.807, 2.05) is 6.07 Å². The topological polar surface area (TPSA) is 49.8 Å². The molecule has 0 amide bonds. The zero-order chi connectivity index (χ0) is 12.5. The van der Waals surface area contributed by atoms with Crippen molar-refractivity contribution in [2.45, 2.75) is 18.9 Å². The fraction of sp³-hybridized carbons (Fsp3) is 0.188. The number of hydrogen-bond acceptors (Lipinski definition) is 2. The van der Waals surface area contributed by atoms with E-state index >= 15 is 0 Å². The zero-order valence-electron chi connectivity index (χ0n) is 10.5. The highest BCUT2D eigenvalue weighted by Gasteiger charge is 2.18. The van der Waals surface area contributed by atoms with Crippen molar-refractivity contribution < 1.29 is 0 Å². The van der Waals surface area contributed by atoms with Crippen molar-refractivity contribution in [2.75, 3.05) is 0 Å². The lowest BCUT2D eigenvalue weighted by Crippen LogP contribution is -2.09. The van der Waals surface area contributed by atoms with Crippen molar-refractivity contribution in [3.8, 4) is 17.2 Å². The van der Waals surface area contributed by atoms with E-state index in [2.05, 4.69) is 42.5 Å². The molecule has 0 bridgehead atoms. The minimum Gasteiger partial charge on any atom is -0.323 e. The number of nitrogens with two attached hydrogens (primary N) is 1. The monoisotopic (exact) mass is 270 g/mol. The summed E-state index contributed by atoms with van der Waals surface area (Å²) in [6.45, 7) is 0. The number of nitrogens with zero attached hydrogens (tertiary/aromatic N) is 1. The van der Waals surface area contributed by atoms with Crippen LogP contribution in [0.25, 0.3) is 11.1 Å². The Morgan fingerprint density at radius 2 is 1.84 bits per heavy atom. The molecule has 0 saturated heterocycles. The normalized spacial score (nSPS) is 12.8. The minimum absolute atomic E-state index is 0. The van der Waals surface area contributed by atoms with Gasteiger partial charge < -0.3 is 5.73 Å². The molecule has 19 heavy (non-hydrogen) atoms. The molecule has 1 aliphatic carbocycles. The van der Waals surface area contributed by atoms with Gasteiger partial charge in [-0.2, -0.15) is 5.26 Å². The summed E-state index contributed by atoms with van der Waals surface area (Å²) in [6.07, 6.45) is 1.34. The van der Waals surface area contributed by atoms with Gasteiger partial charge in [-0.3, -0.25) is 0 Å². The summed E-state index contributed by atoms with van der Waals surface area (Å²) in [5, 5.41) is 8.70. The molecule has 0 aromatic heterocycles. The first-order valence-corrected chi connectivity index (χ1v) is 6.13. The quantitative estimate of drug-likeness (QED) is 0.774. The SMILES string of the molecule is Cl.N#CC[C@H](N)c1ccc2c(c1)Cc1ccccc1-2. The molecule has 2 N–H and O–H groups in total. The summed E-state index contributed by atoms with van der Waals surface area (Å²) in [7, 11) is 0. The maximum atomic E-state index is 8.70. The van der Waals surface area contributed by atoms with Crippen LogP contribution in [0.4, 0.5) is 0 Å². The van der Waals surface area contributed by atoms with E-state index in [9.17, 15) is 0 Å². The summed E-state index contributed by atoms with van der Waals surface area (Å²) < 4.78 is 0. The van der Waals surface area contributed by atoms with Crippen molar-refractivity contribution in [3.05, 3.63) is 59.2 Å². The average molecular weight is 271 g/mol. The third-order valence-electron chi connectivity index (χ3n) is 3.56. The van der Waals surface area contributed by atoms with Crippen molar-refractivity contribution in [1.82, 2.24) is 0 Å². The highest BCUT2D eigenvalue weighted by Crippen LogP contribution is 2.37. The molecule has 0 aliphatic heterocycles. The van der Waals surface area contributed by atoms with Crippen molar-refractivity contribution in [1.29, 1.82) is 5.26 Å². The van der Waals surface area contributed by atoms with Gasteiger partial charge in [-0.25, -0.2) is 0 Å². The smallest absolute Gasteiger partial charge is 0.0641 e. The molecule has 2 aromatic rings. The summed E-state index contributed by atoms with van der Waals surface area (Å²) in [4.78, 5) is 0. The first kappa shape index (κ1) is 13.6. The predicted octanol–water partition coefficient (Wildman–Crippen LogP) is 3.59. The molecular formula is C16H15ClN2. The fourth-order valence-corrected chi connectivity index (χ4v) is 2.61. The van der Waals surface area contributed by atoms with Gasteiger partial charge in [-0.15, -0.1) is 12.4 Å². The van der Waals surface area contributed by atoms with Crippen LogP contribution in [0.5, 0.6) is 0 Å². The second kappa shape index (κ2) is 5.44. The van der Waals surface area contributed by atoms with Crippen LogP contribution in [0.15, 0.2) is 42.5 Å². The van der Waals surface area contributed by atoms with Crippen LogP contribution < -0.4 is 5.73 Å². The number of halogens is 1. The lowest BCUT2D eigenvalue weighted by atomic mass is 9.99. The number of rotatable bonds is 2. The van der Waals surface area contributed by atoms with Gasteiger partial charge >= 0.3 is 0 Å². The van der Waals surface area contributed by atoms with Crippen LogP contribution in [0.3, 0.4) is 0 Å². The molecule has 0 radical (unpaired) electrons. The first-order chi connectivity index (χ1) is 8.79. The largest absolute Gasteiger partial charge is 0.323 e. The Bertz CT molecular complexity index is 643. The molecule has 3 heteroatoms.